The number of ether oxygens (including phenoxy) is 1. The van der Waals surface area contributed by atoms with Crippen LogP contribution in [0.1, 0.15) is 38.8 Å². The Morgan fingerprint density at radius 1 is 1.03 bits per heavy atom. The van der Waals surface area contributed by atoms with E-state index >= 15 is 4.39 Å². The van der Waals surface area contributed by atoms with Crippen molar-refractivity contribution in [1.82, 2.24) is 14.9 Å². The van der Waals surface area contributed by atoms with Gasteiger partial charge in [-0.15, -0.1) is 0 Å². The summed E-state index contributed by atoms with van der Waals surface area (Å²) in [6, 6.07) is 2.98. The first-order valence-corrected chi connectivity index (χ1v) is 12.3. The van der Waals surface area contributed by atoms with Gasteiger partial charge < -0.3 is 19.9 Å². The number of nitrogens with zero attached hydrogens (tertiary/aromatic N) is 5. The van der Waals surface area contributed by atoms with Gasteiger partial charge in [-0.3, -0.25) is 4.99 Å². The maximum atomic E-state index is 15.3. The average molecular weight is 495 g/mol. The minimum Gasteiger partial charge on any atom is -0.433 e. The quantitative estimate of drug-likeness (QED) is 0.641. The number of anilines is 2. The first-order chi connectivity index (χ1) is 17.1. The van der Waals surface area contributed by atoms with Crippen molar-refractivity contribution in [3.8, 4) is 11.6 Å². The maximum absolute atomic E-state index is 15.3. The van der Waals surface area contributed by atoms with Crippen molar-refractivity contribution in [3.05, 3.63) is 52.1 Å². The number of aliphatic imine (C=N–C) groups is 1. The number of piperazine rings is 1. The van der Waals surface area contributed by atoms with E-state index in [0.717, 1.165) is 31.8 Å². The molecule has 2 aromatic rings. The summed E-state index contributed by atoms with van der Waals surface area (Å²) in [5.41, 5.74) is 3.17. The van der Waals surface area contributed by atoms with Gasteiger partial charge in [0.15, 0.2) is 11.6 Å². The molecule has 3 heterocycles. The Labute approximate surface area is 210 Å². The highest BCUT2D eigenvalue weighted by Gasteiger charge is 2.25. The van der Waals surface area contributed by atoms with Crippen molar-refractivity contribution >= 4 is 23.7 Å². The largest absolute Gasteiger partial charge is 0.433 e. The summed E-state index contributed by atoms with van der Waals surface area (Å²) in [5.74, 6) is -0.304. The topological polar surface area (TPSA) is 65.9 Å². The highest BCUT2D eigenvalue weighted by molar-refractivity contribution is 6.05. The molecule has 1 aromatic heterocycles. The molecule has 0 amide bonds. The third kappa shape index (κ3) is 4.97. The zero-order chi connectivity index (χ0) is 25.6. The normalized spacial score (nSPS) is 18.1. The van der Waals surface area contributed by atoms with Crippen LogP contribution >= 0.6 is 0 Å². The number of halogens is 2. The van der Waals surface area contributed by atoms with Gasteiger partial charge in [-0.2, -0.15) is 9.97 Å². The van der Waals surface area contributed by atoms with Gasteiger partial charge in [0.25, 0.3) is 0 Å². The molecule has 2 aliphatic heterocycles. The first kappa shape index (κ1) is 24.4. The van der Waals surface area contributed by atoms with E-state index in [9.17, 15) is 4.39 Å². The molecule has 1 N–H and O–H groups in total. The van der Waals surface area contributed by atoms with Crippen molar-refractivity contribution in [2.24, 2.45) is 10.4 Å². The van der Waals surface area contributed by atoms with Crippen LogP contribution in [0.4, 0.5) is 20.5 Å². The predicted octanol–water partition coefficient (Wildman–Crippen LogP) is 5.05. The first-order valence-electron chi connectivity index (χ1n) is 12.3. The van der Waals surface area contributed by atoms with Crippen molar-refractivity contribution in [2.45, 2.75) is 34.1 Å². The number of rotatable bonds is 4. The van der Waals surface area contributed by atoms with Crippen LogP contribution in [0.3, 0.4) is 0 Å². The van der Waals surface area contributed by atoms with E-state index in [1.165, 1.54) is 11.6 Å². The fourth-order valence-electron chi connectivity index (χ4n) is 4.55. The molecule has 1 saturated heterocycles. The van der Waals surface area contributed by atoms with Crippen molar-refractivity contribution in [1.29, 1.82) is 0 Å². The second-order valence-corrected chi connectivity index (χ2v) is 10.8. The number of amidine groups is 1. The third-order valence-electron chi connectivity index (χ3n) is 6.82. The van der Waals surface area contributed by atoms with Gasteiger partial charge in [-0.1, -0.05) is 32.4 Å². The van der Waals surface area contributed by atoms with Gasteiger partial charge in [0.05, 0.1) is 6.54 Å². The highest BCUT2D eigenvalue weighted by Crippen LogP contribution is 2.37. The standard InChI is InChI=1S/C27H32F2N6O/c1-16-10-17-12-20(28)25(24(29)19(17)11-16)36-23-14-22(35-8-6-34(5)7-9-35)32-26(33-23)31-21-13-18(15-30-21)27(2,3)4/h11-14H,6-10,15H2,1-5H3,(H,30,31,32,33). The number of allylic oxidation sites excluding steroid dienone is 1. The lowest BCUT2D eigenvalue weighted by atomic mass is 9.87. The van der Waals surface area contributed by atoms with Gasteiger partial charge in [0.2, 0.25) is 17.6 Å². The van der Waals surface area contributed by atoms with Crippen LogP contribution in [0.2, 0.25) is 0 Å². The number of benzene rings is 1. The fraction of sp³-hybridized carbons (Fsp3) is 0.444. The van der Waals surface area contributed by atoms with E-state index in [1.807, 2.05) is 13.0 Å². The molecular formula is C27H32F2N6O. The molecule has 0 bridgehead atoms. The van der Waals surface area contributed by atoms with Crippen LogP contribution in [0.15, 0.2) is 34.3 Å². The minimum absolute atomic E-state index is 0.000836. The molecular weight excluding hydrogens is 462 g/mol. The SMILES string of the molecule is CC1=Cc2c(cc(F)c(Oc3cc(N4CCN(C)CC4)nc(NC4=NCC(C(C)(C)C)=C4)n3)c2F)C1. The van der Waals surface area contributed by atoms with Crippen LogP contribution in [0.5, 0.6) is 11.6 Å². The second kappa shape index (κ2) is 9.28. The fourth-order valence-corrected chi connectivity index (χ4v) is 4.55. The van der Waals surface area contributed by atoms with E-state index in [4.69, 9.17) is 4.74 Å². The van der Waals surface area contributed by atoms with Crippen LogP contribution in [0.25, 0.3) is 6.08 Å². The van der Waals surface area contributed by atoms with E-state index in [0.29, 0.717) is 35.7 Å². The van der Waals surface area contributed by atoms with E-state index in [1.54, 1.807) is 12.1 Å². The summed E-state index contributed by atoms with van der Waals surface area (Å²) in [4.78, 5) is 18.0. The summed E-state index contributed by atoms with van der Waals surface area (Å²) in [6.45, 7) is 12.2. The number of hydrogen-bond donors (Lipinski definition) is 1. The second-order valence-electron chi connectivity index (χ2n) is 10.8. The molecule has 9 heteroatoms. The summed E-state index contributed by atoms with van der Waals surface area (Å²) >= 11 is 0. The average Bonchev–Trinajstić information content (AvgIpc) is 3.43. The van der Waals surface area contributed by atoms with Crippen molar-refractivity contribution < 1.29 is 13.5 Å². The molecule has 0 radical (unpaired) electrons. The minimum atomic E-state index is -0.749. The Morgan fingerprint density at radius 3 is 2.47 bits per heavy atom. The molecule has 1 aliphatic carbocycles. The lowest BCUT2D eigenvalue weighted by molar-refractivity contribution is 0.312. The summed E-state index contributed by atoms with van der Waals surface area (Å²) in [7, 11) is 2.08. The van der Waals surface area contributed by atoms with Gasteiger partial charge in [-0.05, 0) is 49.1 Å². The molecule has 7 nitrogen and oxygen atoms in total. The molecule has 5 rings (SSSR count). The molecule has 190 valence electrons. The molecule has 1 aromatic carbocycles. The molecule has 3 aliphatic rings. The Morgan fingerprint density at radius 2 is 1.78 bits per heavy atom. The van der Waals surface area contributed by atoms with Gasteiger partial charge in [-0.25, -0.2) is 8.78 Å². The zero-order valence-electron chi connectivity index (χ0n) is 21.5. The van der Waals surface area contributed by atoms with Gasteiger partial charge in [0.1, 0.15) is 11.7 Å². The predicted molar refractivity (Wildman–Crippen MR) is 139 cm³/mol. The van der Waals surface area contributed by atoms with Crippen LogP contribution < -0.4 is 15.0 Å². The number of likely N-dealkylation sites (N-methyl/N-ethyl adjacent to an activating group) is 1. The maximum Gasteiger partial charge on any atom is 0.233 e. The third-order valence-corrected chi connectivity index (χ3v) is 6.82. The summed E-state index contributed by atoms with van der Waals surface area (Å²) in [6.07, 6.45) is 4.27. The molecule has 0 unspecified atom stereocenters. The molecule has 0 spiro atoms. The number of aromatic nitrogens is 2. The highest BCUT2D eigenvalue weighted by atomic mass is 19.1. The summed E-state index contributed by atoms with van der Waals surface area (Å²) < 4.78 is 35.9. The van der Waals surface area contributed by atoms with Crippen LogP contribution in [0, 0.1) is 17.0 Å². The Hall–Kier alpha value is -3.33. The van der Waals surface area contributed by atoms with Gasteiger partial charge >= 0.3 is 0 Å². The number of nitrogens with one attached hydrogen (secondary N) is 1. The van der Waals surface area contributed by atoms with E-state index < -0.39 is 17.4 Å². The number of hydrogen-bond acceptors (Lipinski definition) is 7. The molecule has 0 atom stereocenters. The monoisotopic (exact) mass is 494 g/mol. The van der Waals surface area contributed by atoms with Crippen LogP contribution in [-0.4, -0.2) is 60.5 Å². The zero-order valence-corrected chi connectivity index (χ0v) is 21.5. The number of fused-ring (bicyclic) bond motifs is 1. The Bertz CT molecular complexity index is 1290. The van der Waals surface area contributed by atoms with Crippen molar-refractivity contribution in [3.63, 3.8) is 0 Å². The smallest absolute Gasteiger partial charge is 0.233 e. The molecule has 36 heavy (non-hydrogen) atoms. The Kier molecular flexibility index (Phi) is 6.28. The van der Waals surface area contributed by atoms with Crippen LogP contribution in [-0.2, 0) is 6.42 Å². The Balaban J connectivity index is 1.48. The van der Waals surface area contributed by atoms with Gasteiger partial charge in [0, 0.05) is 37.8 Å². The molecule has 0 saturated carbocycles. The van der Waals surface area contributed by atoms with Crippen molar-refractivity contribution in [2.75, 3.05) is 50.0 Å². The van der Waals surface area contributed by atoms with E-state index in [-0.39, 0.29) is 17.2 Å². The lowest BCUT2D eigenvalue weighted by Crippen LogP contribution is -2.44. The van der Waals surface area contributed by atoms with E-state index in [2.05, 4.69) is 57.9 Å². The summed E-state index contributed by atoms with van der Waals surface area (Å²) in [5, 5.41) is 3.17. The molecule has 1 fully saturated rings. The lowest BCUT2D eigenvalue weighted by Gasteiger charge is -2.33.